The van der Waals surface area contributed by atoms with E-state index in [-0.39, 0.29) is 23.0 Å². The maximum atomic E-state index is 14.1. The molecule has 0 fully saturated rings. The molecule has 0 saturated carbocycles. The van der Waals surface area contributed by atoms with E-state index in [2.05, 4.69) is 5.32 Å². The molecule has 2 amide bonds. The minimum absolute atomic E-state index is 0.0577. The fourth-order valence-corrected chi connectivity index (χ4v) is 5.98. The molecule has 10 heteroatoms. The van der Waals surface area contributed by atoms with Crippen LogP contribution in [0.2, 0.25) is 0 Å². The lowest BCUT2D eigenvalue weighted by Crippen LogP contribution is -2.52. The first-order valence-electron chi connectivity index (χ1n) is 14.2. The maximum Gasteiger partial charge on any atom is 0.264 e. The zero-order chi connectivity index (χ0) is 30.7. The largest absolute Gasteiger partial charge is 0.494 e. The number of hydrogen-bond donors (Lipinski definition) is 1. The topological polar surface area (TPSA) is 96.0 Å². The lowest BCUT2D eigenvalue weighted by Gasteiger charge is -2.33. The van der Waals surface area contributed by atoms with Gasteiger partial charge in [0.2, 0.25) is 11.8 Å². The Morgan fingerprint density at radius 2 is 1.67 bits per heavy atom. The predicted octanol–water partition coefficient (Wildman–Crippen LogP) is 5.45. The zero-order valence-corrected chi connectivity index (χ0v) is 25.5. The summed E-state index contributed by atoms with van der Waals surface area (Å²) < 4.78 is 48.1. The van der Waals surface area contributed by atoms with Crippen LogP contribution in [0, 0.1) is 12.7 Å². The predicted molar refractivity (Wildman–Crippen MR) is 162 cm³/mol. The van der Waals surface area contributed by atoms with Gasteiger partial charge < -0.3 is 15.0 Å². The SMILES string of the molecule is CCCCNC(=O)[C@@H](CC)N(Cc1cccc(C)c1)C(=O)CN(c1ccc(F)cc1)S(=O)(=O)c1ccc(OCC)cc1. The second-order valence-electron chi connectivity index (χ2n) is 9.97. The molecule has 0 aliphatic carbocycles. The molecule has 0 aliphatic rings. The van der Waals surface area contributed by atoms with Gasteiger partial charge in [0.15, 0.2) is 0 Å². The van der Waals surface area contributed by atoms with Gasteiger partial charge in [0, 0.05) is 13.1 Å². The van der Waals surface area contributed by atoms with Gasteiger partial charge in [-0.05, 0) is 80.8 Å². The summed E-state index contributed by atoms with van der Waals surface area (Å²) in [6.45, 7) is 8.01. The lowest BCUT2D eigenvalue weighted by molar-refractivity contribution is -0.140. The number of benzene rings is 3. The molecule has 0 unspecified atom stereocenters. The third-order valence-electron chi connectivity index (χ3n) is 6.77. The number of unbranched alkanes of at least 4 members (excludes halogenated alkanes) is 1. The van der Waals surface area contributed by atoms with Gasteiger partial charge in [0.1, 0.15) is 24.2 Å². The van der Waals surface area contributed by atoms with Crippen molar-refractivity contribution in [2.45, 2.75) is 64.4 Å². The highest BCUT2D eigenvalue weighted by atomic mass is 32.2. The number of hydrogen-bond acceptors (Lipinski definition) is 5. The highest BCUT2D eigenvalue weighted by Gasteiger charge is 2.33. The van der Waals surface area contributed by atoms with Crippen molar-refractivity contribution >= 4 is 27.5 Å². The average molecular weight is 598 g/mol. The van der Waals surface area contributed by atoms with Crippen LogP contribution in [0.3, 0.4) is 0 Å². The van der Waals surface area contributed by atoms with E-state index in [0.717, 1.165) is 40.4 Å². The Labute approximate surface area is 248 Å². The van der Waals surface area contributed by atoms with E-state index in [1.165, 1.54) is 29.2 Å². The first-order valence-corrected chi connectivity index (χ1v) is 15.7. The number of amides is 2. The number of carbonyl (C=O) groups excluding carboxylic acids is 2. The Morgan fingerprint density at radius 1 is 0.976 bits per heavy atom. The molecule has 0 heterocycles. The van der Waals surface area contributed by atoms with Gasteiger partial charge in [-0.15, -0.1) is 0 Å². The molecular formula is C32H40FN3O5S. The molecule has 0 radical (unpaired) electrons. The molecule has 1 atom stereocenters. The Kier molecular flexibility index (Phi) is 11.9. The van der Waals surface area contributed by atoms with E-state index in [1.807, 2.05) is 52.0 Å². The van der Waals surface area contributed by atoms with Crippen molar-refractivity contribution in [3.63, 3.8) is 0 Å². The summed E-state index contributed by atoms with van der Waals surface area (Å²) in [4.78, 5) is 28.7. The number of aryl methyl sites for hydroxylation is 1. The summed E-state index contributed by atoms with van der Waals surface area (Å²) in [6, 6.07) is 17.6. The fraction of sp³-hybridized carbons (Fsp3) is 0.375. The summed E-state index contributed by atoms with van der Waals surface area (Å²) in [6.07, 6.45) is 2.03. The summed E-state index contributed by atoms with van der Waals surface area (Å²) in [5, 5.41) is 2.91. The minimum atomic E-state index is -4.27. The Balaban J connectivity index is 2.02. The molecule has 0 saturated heterocycles. The van der Waals surface area contributed by atoms with E-state index >= 15 is 0 Å². The molecule has 0 aliphatic heterocycles. The third kappa shape index (κ3) is 8.55. The normalized spacial score (nSPS) is 11.9. The quantitative estimate of drug-likeness (QED) is 0.235. The van der Waals surface area contributed by atoms with E-state index in [0.29, 0.717) is 25.3 Å². The zero-order valence-electron chi connectivity index (χ0n) is 24.7. The summed E-state index contributed by atoms with van der Waals surface area (Å²) in [5.74, 6) is -0.896. The first-order chi connectivity index (χ1) is 20.1. The molecule has 3 aromatic carbocycles. The molecule has 8 nitrogen and oxygen atoms in total. The van der Waals surface area contributed by atoms with Gasteiger partial charge in [-0.25, -0.2) is 12.8 Å². The van der Waals surface area contributed by atoms with Gasteiger partial charge in [0.25, 0.3) is 10.0 Å². The van der Waals surface area contributed by atoms with Crippen LogP contribution < -0.4 is 14.4 Å². The van der Waals surface area contributed by atoms with E-state index in [1.54, 1.807) is 12.1 Å². The maximum absolute atomic E-state index is 14.1. The van der Waals surface area contributed by atoms with Crippen LogP contribution in [0.25, 0.3) is 0 Å². The average Bonchev–Trinajstić information content (AvgIpc) is 2.97. The highest BCUT2D eigenvalue weighted by molar-refractivity contribution is 7.92. The third-order valence-corrected chi connectivity index (χ3v) is 8.56. The molecule has 0 spiro atoms. The second-order valence-corrected chi connectivity index (χ2v) is 11.8. The minimum Gasteiger partial charge on any atom is -0.494 e. The molecule has 0 aromatic heterocycles. The molecule has 226 valence electrons. The van der Waals surface area contributed by atoms with Crippen LogP contribution in [0.4, 0.5) is 10.1 Å². The van der Waals surface area contributed by atoms with E-state index < -0.39 is 34.3 Å². The number of halogens is 1. The number of carbonyl (C=O) groups is 2. The molecule has 42 heavy (non-hydrogen) atoms. The molecule has 0 bridgehead atoms. The van der Waals surface area contributed by atoms with Crippen molar-refractivity contribution in [2.24, 2.45) is 0 Å². The standard InChI is InChI=1S/C32H40FN3O5S/c1-5-8-20-34-32(38)30(6-2)35(22-25-11-9-10-24(4)21-25)31(37)23-36(27-14-12-26(33)13-15-27)42(39,40)29-18-16-28(17-19-29)41-7-3/h9-19,21,30H,5-8,20,22-23H2,1-4H3,(H,34,38)/t30-/m1/s1. The molecule has 1 N–H and O–H groups in total. The Hall–Kier alpha value is -3.92. The van der Waals surface area contributed by atoms with Gasteiger partial charge in [-0.2, -0.15) is 0 Å². The number of anilines is 1. The molecular weight excluding hydrogens is 557 g/mol. The van der Waals surface area contributed by atoms with Crippen molar-refractivity contribution in [1.29, 1.82) is 0 Å². The first kappa shape index (κ1) is 32.6. The van der Waals surface area contributed by atoms with Crippen LogP contribution in [0.5, 0.6) is 5.75 Å². The van der Waals surface area contributed by atoms with Crippen molar-refractivity contribution < 1.29 is 27.1 Å². The monoisotopic (exact) mass is 597 g/mol. The summed E-state index contributed by atoms with van der Waals surface area (Å²) in [7, 11) is -4.27. The number of nitrogens with one attached hydrogen (secondary N) is 1. The number of rotatable bonds is 15. The van der Waals surface area contributed by atoms with Crippen LogP contribution in [0.1, 0.15) is 51.2 Å². The van der Waals surface area contributed by atoms with Gasteiger partial charge in [0.05, 0.1) is 17.2 Å². The van der Waals surface area contributed by atoms with E-state index in [4.69, 9.17) is 4.74 Å². The van der Waals surface area contributed by atoms with Crippen molar-refractivity contribution in [3.05, 3.63) is 89.7 Å². The van der Waals surface area contributed by atoms with Crippen LogP contribution in [0.15, 0.2) is 77.7 Å². The van der Waals surface area contributed by atoms with E-state index in [9.17, 15) is 22.4 Å². The number of ether oxygens (including phenoxy) is 1. The van der Waals surface area contributed by atoms with Gasteiger partial charge >= 0.3 is 0 Å². The lowest BCUT2D eigenvalue weighted by atomic mass is 10.1. The number of nitrogens with zero attached hydrogens (tertiary/aromatic N) is 2. The van der Waals surface area contributed by atoms with Crippen molar-refractivity contribution in [3.8, 4) is 5.75 Å². The van der Waals surface area contributed by atoms with Crippen molar-refractivity contribution in [2.75, 3.05) is 24.0 Å². The van der Waals surface area contributed by atoms with Crippen LogP contribution in [-0.4, -0.2) is 50.9 Å². The smallest absolute Gasteiger partial charge is 0.264 e. The second kappa shape index (κ2) is 15.3. The number of sulfonamides is 1. The van der Waals surface area contributed by atoms with Crippen LogP contribution >= 0.6 is 0 Å². The fourth-order valence-electron chi connectivity index (χ4n) is 4.57. The van der Waals surface area contributed by atoms with Crippen LogP contribution in [-0.2, 0) is 26.2 Å². The van der Waals surface area contributed by atoms with Gasteiger partial charge in [-0.3, -0.25) is 13.9 Å². The Morgan fingerprint density at radius 3 is 2.26 bits per heavy atom. The molecule has 3 aromatic rings. The summed E-state index contributed by atoms with van der Waals surface area (Å²) in [5.41, 5.74) is 1.92. The molecule has 3 rings (SSSR count). The van der Waals surface area contributed by atoms with Gasteiger partial charge in [-0.1, -0.05) is 50.1 Å². The summed E-state index contributed by atoms with van der Waals surface area (Å²) >= 11 is 0. The van der Waals surface area contributed by atoms with Crippen molar-refractivity contribution in [1.82, 2.24) is 10.2 Å². The highest BCUT2D eigenvalue weighted by Crippen LogP contribution is 2.26. The Bertz CT molecular complexity index is 1430.